The molecule has 0 unspecified atom stereocenters. The van der Waals surface area contributed by atoms with Crippen LogP contribution in [0.25, 0.3) is 16.9 Å². The normalized spacial score (nSPS) is 10.8. The minimum atomic E-state index is -0.421. The molecule has 6 nitrogen and oxygen atoms in total. The molecule has 0 aliphatic rings. The van der Waals surface area contributed by atoms with E-state index in [1.54, 1.807) is 16.7 Å². The third-order valence-corrected chi connectivity index (χ3v) is 3.13. The van der Waals surface area contributed by atoms with Crippen molar-refractivity contribution in [3.05, 3.63) is 64.5 Å². The molecule has 0 spiro atoms. The van der Waals surface area contributed by atoms with Crippen LogP contribution >= 0.6 is 0 Å². The molecule has 3 rings (SSSR count). The van der Waals surface area contributed by atoms with E-state index >= 15 is 0 Å². The predicted octanol–water partition coefficient (Wildman–Crippen LogP) is 2.37. The molecule has 0 saturated heterocycles. The zero-order chi connectivity index (χ0) is 14.1. The van der Waals surface area contributed by atoms with E-state index in [0.717, 1.165) is 16.8 Å². The van der Waals surface area contributed by atoms with Crippen molar-refractivity contribution < 1.29 is 4.92 Å². The van der Waals surface area contributed by atoms with Crippen LogP contribution in [-0.2, 0) is 6.54 Å². The number of nitrogens with zero attached hydrogens (tertiary/aromatic N) is 3. The van der Waals surface area contributed by atoms with Crippen LogP contribution in [0.5, 0.6) is 0 Å². The summed E-state index contributed by atoms with van der Waals surface area (Å²) in [6.45, 7) is 0.498. The molecular formula is C14H12N4O2. The number of nitrogens with two attached hydrogens (primary N) is 1. The van der Waals surface area contributed by atoms with Gasteiger partial charge in [-0.15, -0.1) is 0 Å². The molecule has 0 atom stereocenters. The fourth-order valence-electron chi connectivity index (χ4n) is 2.04. The summed E-state index contributed by atoms with van der Waals surface area (Å²) in [7, 11) is 0. The maximum Gasteiger partial charge on any atom is 0.286 e. The van der Waals surface area contributed by atoms with Gasteiger partial charge in [0.15, 0.2) is 0 Å². The molecule has 3 aromatic rings. The second-order valence-electron chi connectivity index (χ2n) is 4.44. The fraction of sp³-hybridized carbons (Fsp3) is 0.0714. The fourth-order valence-corrected chi connectivity index (χ4v) is 2.04. The Hall–Kier alpha value is -2.73. The summed E-state index contributed by atoms with van der Waals surface area (Å²) in [5.74, 6) is 0. The van der Waals surface area contributed by atoms with Crippen molar-refractivity contribution in [2.75, 3.05) is 0 Å². The lowest BCUT2D eigenvalue weighted by Gasteiger charge is -1.98. The Labute approximate surface area is 114 Å². The number of nitro groups is 1. The van der Waals surface area contributed by atoms with E-state index < -0.39 is 4.92 Å². The Morgan fingerprint density at radius 3 is 2.55 bits per heavy atom. The van der Waals surface area contributed by atoms with Gasteiger partial charge in [-0.25, -0.2) is 4.98 Å². The minimum Gasteiger partial charge on any atom is -0.326 e. The van der Waals surface area contributed by atoms with Crippen molar-refractivity contribution in [1.29, 1.82) is 0 Å². The van der Waals surface area contributed by atoms with Crippen LogP contribution in [0, 0.1) is 10.1 Å². The van der Waals surface area contributed by atoms with Gasteiger partial charge in [0.05, 0.1) is 16.8 Å². The third kappa shape index (κ3) is 2.12. The van der Waals surface area contributed by atoms with Crippen LogP contribution in [0.15, 0.2) is 48.8 Å². The number of imidazole rings is 1. The Morgan fingerprint density at radius 2 is 1.90 bits per heavy atom. The Balaban J connectivity index is 2.05. The van der Waals surface area contributed by atoms with E-state index in [1.165, 1.54) is 12.3 Å². The van der Waals surface area contributed by atoms with Gasteiger partial charge in [0.25, 0.3) is 5.69 Å². The maximum absolute atomic E-state index is 10.8. The number of pyridine rings is 1. The largest absolute Gasteiger partial charge is 0.326 e. The number of hydrogen-bond acceptors (Lipinski definition) is 4. The first-order valence-corrected chi connectivity index (χ1v) is 6.10. The van der Waals surface area contributed by atoms with Crippen LogP contribution in [0.2, 0.25) is 0 Å². The summed E-state index contributed by atoms with van der Waals surface area (Å²) < 4.78 is 1.66. The molecule has 0 amide bonds. The zero-order valence-electron chi connectivity index (χ0n) is 10.6. The Bertz CT molecular complexity index is 777. The second-order valence-corrected chi connectivity index (χ2v) is 4.44. The third-order valence-electron chi connectivity index (χ3n) is 3.13. The van der Waals surface area contributed by atoms with Crippen molar-refractivity contribution in [1.82, 2.24) is 9.38 Å². The highest BCUT2D eigenvalue weighted by atomic mass is 16.6. The van der Waals surface area contributed by atoms with Gasteiger partial charge in [0.1, 0.15) is 5.65 Å². The summed E-state index contributed by atoms with van der Waals surface area (Å²) in [5, 5.41) is 10.8. The molecule has 2 heterocycles. The summed E-state index contributed by atoms with van der Waals surface area (Å²) >= 11 is 0. The molecule has 20 heavy (non-hydrogen) atoms. The van der Waals surface area contributed by atoms with Crippen molar-refractivity contribution in [3.63, 3.8) is 0 Å². The smallest absolute Gasteiger partial charge is 0.286 e. The van der Waals surface area contributed by atoms with Gasteiger partial charge in [-0.3, -0.25) is 14.5 Å². The average Bonchev–Trinajstić information content (AvgIpc) is 2.90. The van der Waals surface area contributed by atoms with Crippen LogP contribution in [-0.4, -0.2) is 14.3 Å². The summed E-state index contributed by atoms with van der Waals surface area (Å²) in [6, 6.07) is 10.9. The monoisotopic (exact) mass is 268 g/mol. The summed E-state index contributed by atoms with van der Waals surface area (Å²) in [4.78, 5) is 14.8. The molecular weight excluding hydrogens is 256 g/mol. The number of rotatable bonds is 3. The zero-order valence-corrected chi connectivity index (χ0v) is 10.6. The van der Waals surface area contributed by atoms with Gasteiger partial charge >= 0.3 is 0 Å². The molecule has 0 aliphatic heterocycles. The van der Waals surface area contributed by atoms with Crippen molar-refractivity contribution in [2.45, 2.75) is 6.54 Å². The first-order valence-electron chi connectivity index (χ1n) is 6.10. The van der Waals surface area contributed by atoms with Crippen molar-refractivity contribution in [3.8, 4) is 11.3 Å². The molecule has 0 aliphatic carbocycles. The molecule has 2 N–H and O–H groups in total. The SMILES string of the molecule is NCc1ccc(-c2cn3cc([N+](=O)[O-])ccc3n2)cc1. The van der Waals surface area contributed by atoms with E-state index in [9.17, 15) is 10.1 Å². The minimum absolute atomic E-state index is 0.0416. The van der Waals surface area contributed by atoms with Crippen LogP contribution in [0.1, 0.15) is 5.56 Å². The predicted molar refractivity (Wildman–Crippen MR) is 75.2 cm³/mol. The topological polar surface area (TPSA) is 86.5 Å². The Kier molecular flexibility index (Phi) is 2.92. The van der Waals surface area contributed by atoms with Gasteiger partial charge in [-0.2, -0.15) is 0 Å². The lowest BCUT2D eigenvalue weighted by Crippen LogP contribution is -1.95. The van der Waals surface area contributed by atoms with E-state index in [4.69, 9.17) is 5.73 Å². The summed E-state index contributed by atoms with van der Waals surface area (Å²) in [6.07, 6.45) is 3.24. The highest BCUT2D eigenvalue weighted by Gasteiger charge is 2.09. The lowest BCUT2D eigenvalue weighted by atomic mass is 10.1. The van der Waals surface area contributed by atoms with Gasteiger partial charge in [0, 0.05) is 24.4 Å². The van der Waals surface area contributed by atoms with Crippen molar-refractivity contribution in [2.24, 2.45) is 5.73 Å². The Morgan fingerprint density at radius 1 is 1.15 bits per heavy atom. The number of hydrogen-bond donors (Lipinski definition) is 1. The highest BCUT2D eigenvalue weighted by Crippen LogP contribution is 2.21. The molecule has 100 valence electrons. The van der Waals surface area contributed by atoms with E-state index in [-0.39, 0.29) is 5.69 Å². The van der Waals surface area contributed by atoms with Gasteiger partial charge in [-0.1, -0.05) is 24.3 Å². The van der Waals surface area contributed by atoms with Crippen LogP contribution in [0.4, 0.5) is 5.69 Å². The quantitative estimate of drug-likeness (QED) is 0.583. The van der Waals surface area contributed by atoms with E-state index in [1.807, 2.05) is 24.3 Å². The van der Waals surface area contributed by atoms with Gasteiger partial charge in [-0.05, 0) is 11.6 Å². The van der Waals surface area contributed by atoms with Crippen LogP contribution in [0.3, 0.4) is 0 Å². The van der Waals surface area contributed by atoms with E-state index in [2.05, 4.69) is 4.98 Å². The van der Waals surface area contributed by atoms with E-state index in [0.29, 0.717) is 12.2 Å². The van der Waals surface area contributed by atoms with Gasteiger partial charge in [0.2, 0.25) is 0 Å². The summed E-state index contributed by atoms with van der Waals surface area (Å²) in [5.41, 5.74) is 9.05. The lowest BCUT2D eigenvalue weighted by molar-refractivity contribution is -0.385. The molecule has 0 fully saturated rings. The second kappa shape index (κ2) is 4.75. The first kappa shape index (κ1) is 12.3. The van der Waals surface area contributed by atoms with Crippen molar-refractivity contribution >= 4 is 11.3 Å². The number of fused-ring (bicyclic) bond motifs is 1. The van der Waals surface area contributed by atoms with Gasteiger partial charge < -0.3 is 5.73 Å². The standard InChI is InChI=1S/C14H12N4O2/c15-7-10-1-3-11(4-2-10)13-9-17-8-12(18(19)20)5-6-14(17)16-13/h1-6,8-9H,7,15H2. The average molecular weight is 268 g/mol. The highest BCUT2D eigenvalue weighted by molar-refractivity contribution is 5.63. The number of benzene rings is 1. The molecule has 2 aromatic heterocycles. The first-order chi connectivity index (χ1) is 9.67. The van der Waals surface area contributed by atoms with Crippen LogP contribution < -0.4 is 5.73 Å². The molecule has 1 aromatic carbocycles. The molecule has 6 heteroatoms. The number of aromatic nitrogens is 2. The molecule has 0 saturated carbocycles. The molecule has 0 radical (unpaired) electrons. The maximum atomic E-state index is 10.8. The molecule has 0 bridgehead atoms.